The summed E-state index contributed by atoms with van der Waals surface area (Å²) in [6, 6.07) is 0. The van der Waals surface area contributed by atoms with E-state index >= 15 is 0 Å². The Morgan fingerprint density at radius 2 is 1.55 bits per heavy atom. The van der Waals surface area contributed by atoms with Crippen molar-refractivity contribution in [1.82, 2.24) is 30.2 Å². The van der Waals surface area contributed by atoms with Crippen molar-refractivity contribution in [3.63, 3.8) is 0 Å². The van der Waals surface area contributed by atoms with Gasteiger partial charge in [-0.25, -0.2) is 28.6 Å². The minimum absolute atomic E-state index is 0.0160. The molecular formula is C36H64N7O18P3S. The van der Waals surface area contributed by atoms with Crippen molar-refractivity contribution in [3.05, 3.63) is 12.7 Å². The van der Waals surface area contributed by atoms with Gasteiger partial charge in [0.15, 0.2) is 22.8 Å². The number of nitrogens with zero attached hydrogens (tertiary/aromatic N) is 4. The number of aromatic nitrogens is 4. The number of nitrogens with one attached hydrogen (secondary N) is 2. The van der Waals surface area contributed by atoms with Gasteiger partial charge in [-0.1, -0.05) is 83.9 Å². The van der Waals surface area contributed by atoms with E-state index in [4.69, 9.17) is 19.5 Å². The van der Waals surface area contributed by atoms with Gasteiger partial charge in [0.05, 0.1) is 25.6 Å². The molecule has 0 spiro atoms. The van der Waals surface area contributed by atoms with Gasteiger partial charge in [-0.2, -0.15) is 4.31 Å². The third kappa shape index (κ3) is 20.3. The lowest BCUT2D eigenvalue weighted by atomic mass is 9.87. The number of amides is 2. The number of carbonyl (C=O) groups is 3. The fourth-order valence-corrected chi connectivity index (χ4v) is 10.0. The summed E-state index contributed by atoms with van der Waals surface area (Å²) in [5.74, 6) is -1.12. The molecule has 2 amide bonds. The van der Waals surface area contributed by atoms with E-state index in [1.165, 1.54) is 46.0 Å². The van der Waals surface area contributed by atoms with Crippen LogP contribution in [-0.2, 0) is 50.7 Å². The number of nitrogens with two attached hydrogens (primary N) is 1. The second-order valence-electron chi connectivity index (χ2n) is 16.1. The Kier molecular flexibility index (Phi) is 23.5. The first-order valence-electron chi connectivity index (χ1n) is 21.2. The molecule has 2 aromatic rings. The minimum Gasteiger partial charge on any atom is -0.393 e. The largest absolute Gasteiger partial charge is 0.481 e. The van der Waals surface area contributed by atoms with Crippen LogP contribution < -0.4 is 16.4 Å². The second-order valence-corrected chi connectivity index (χ2v) is 21.5. The van der Waals surface area contributed by atoms with Crippen molar-refractivity contribution in [2.24, 2.45) is 5.41 Å². The smallest absolute Gasteiger partial charge is 0.393 e. The van der Waals surface area contributed by atoms with E-state index in [1.54, 1.807) is 0 Å². The first-order valence-corrected chi connectivity index (χ1v) is 26.7. The zero-order valence-corrected chi connectivity index (χ0v) is 40.1. The maximum absolute atomic E-state index is 12.7. The van der Waals surface area contributed by atoms with E-state index in [1.807, 2.05) is 0 Å². The Morgan fingerprint density at radius 1 is 0.908 bits per heavy atom. The Hall–Kier alpha value is -2.48. The number of nitrogen functional groups attached to an aromatic ring is 1. The van der Waals surface area contributed by atoms with E-state index in [2.05, 4.69) is 41.3 Å². The van der Waals surface area contributed by atoms with Crippen molar-refractivity contribution in [2.45, 2.75) is 141 Å². The predicted molar refractivity (Wildman–Crippen MR) is 234 cm³/mol. The molecule has 0 aliphatic carbocycles. The average Bonchev–Trinajstić information content (AvgIpc) is 3.78. The standard InChI is InChI=1S/C36H64N7O18P3S/c1-4-5-6-7-8-9-10-13-24(44)14-11-12-15-27(46)65-19-18-38-26(45)16-17-39-34(49)31(48)36(2,3)21-58-64(55,56)61-63(53,54)57-20-25-30(60-62(50,51)52)29(47)35(59-25)43-23-42-28-32(37)40-22-41-33(28)43/h22-25,29-31,35,44,47-48H,4-21H2,1-3H3,(H,38,45)(H,39,49)(H,53,54)(H,55,56)(H2,37,40,41)(H2,50,51,52). The van der Waals surface area contributed by atoms with Crippen LogP contribution in [0.2, 0.25) is 0 Å². The maximum Gasteiger partial charge on any atom is 0.481 e. The zero-order chi connectivity index (χ0) is 48.4. The van der Waals surface area contributed by atoms with Crippen LogP contribution in [0.1, 0.15) is 110 Å². The molecule has 25 nitrogen and oxygen atoms in total. The van der Waals surface area contributed by atoms with Gasteiger partial charge in [0.2, 0.25) is 11.8 Å². The minimum atomic E-state index is -5.58. The van der Waals surface area contributed by atoms with Gasteiger partial charge in [-0.15, -0.1) is 0 Å². The summed E-state index contributed by atoms with van der Waals surface area (Å²) in [7, 11) is -16.4. The van der Waals surface area contributed by atoms with Gasteiger partial charge >= 0.3 is 23.5 Å². The number of phosphoric ester groups is 3. The van der Waals surface area contributed by atoms with Crippen LogP contribution >= 0.6 is 35.2 Å². The van der Waals surface area contributed by atoms with E-state index in [-0.39, 0.29) is 47.7 Å². The lowest BCUT2D eigenvalue weighted by Gasteiger charge is -2.30. The van der Waals surface area contributed by atoms with Gasteiger partial charge in [0.25, 0.3) is 0 Å². The Morgan fingerprint density at radius 3 is 2.23 bits per heavy atom. The van der Waals surface area contributed by atoms with Gasteiger partial charge in [0, 0.05) is 37.1 Å². The lowest BCUT2D eigenvalue weighted by Crippen LogP contribution is -2.46. The molecule has 8 atom stereocenters. The molecule has 0 bridgehead atoms. The third-order valence-corrected chi connectivity index (χ3v) is 14.1. The number of fused-ring (bicyclic) bond motifs is 1. The molecule has 1 saturated heterocycles. The topological polar surface area (TPSA) is 384 Å². The highest BCUT2D eigenvalue weighted by atomic mass is 32.2. The number of unbranched alkanes of at least 4 members (excludes halogenated alkanes) is 7. The number of anilines is 1. The molecule has 2 aromatic heterocycles. The summed E-state index contributed by atoms with van der Waals surface area (Å²) >= 11 is 1.09. The SMILES string of the molecule is CCCCCCCCCC(O)CCCCC(=O)SCCNC(=O)CCNC(=O)C(O)C(C)(C)COP(=O)(O)OP(=O)(O)OCC1OC(n2cnc3c(N)ncnc32)C(O)C1OP(=O)(O)O. The number of ether oxygens (including phenoxy) is 1. The number of rotatable bonds is 32. The highest BCUT2D eigenvalue weighted by molar-refractivity contribution is 8.13. The third-order valence-electron chi connectivity index (χ3n) is 10.1. The quantitative estimate of drug-likeness (QED) is 0.0372. The number of phosphoric acid groups is 3. The molecule has 65 heavy (non-hydrogen) atoms. The van der Waals surface area contributed by atoms with Crippen LogP contribution in [0.4, 0.5) is 5.82 Å². The summed E-state index contributed by atoms with van der Waals surface area (Å²) in [5.41, 5.74) is 4.26. The van der Waals surface area contributed by atoms with Crippen LogP contribution in [0.3, 0.4) is 0 Å². The van der Waals surface area contributed by atoms with Crippen molar-refractivity contribution in [1.29, 1.82) is 0 Å². The van der Waals surface area contributed by atoms with Crippen molar-refractivity contribution in [2.75, 3.05) is 37.8 Å². The van der Waals surface area contributed by atoms with Crippen LogP contribution in [0, 0.1) is 5.41 Å². The second kappa shape index (κ2) is 26.9. The monoisotopic (exact) mass is 1010 g/mol. The Balaban J connectivity index is 1.34. The number of thioether (sulfide) groups is 1. The predicted octanol–water partition coefficient (Wildman–Crippen LogP) is 2.73. The number of aliphatic hydroxyl groups is 3. The summed E-state index contributed by atoms with van der Waals surface area (Å²) in [5, 5.41) is 36.7. The summed E-state index contributed by atoms with van der Waals surface area (Å²) in [6.07, 6.45) is 4.25. The molecule has 1 aliphatic heterocycles. The number of hydrogen-bond donors (Lipinski definition) is 10. The molecule has 11 N–H and O–H groups in total. The summed E-state index contributed by atoms with van der Waals surface area (Å²) in [6.45, 7) is 2.66. The van der Waals surface area contributed by atoms with Gasteiger partial charge in [-0.05, 0) is 19.3 Å². The van der Waals surface area contributed by atoms with Gasteiger partial charge in [0.1, 0.15) is 36.3 Å². The molecule has 8 unspecified atom stereocenters. The van der Waals surface area contributed by atoms with Crippen LogP contribution in [0.5, 0.6) is 0 Å². The van der Waals surface area contributed by atoms with Gasteiger partial charge < -0.3 is 56.0 Å². The van der Waals surface area contributed by atoms with Crippen LogP contribution in [0.25, 0.3) is 11.2 Å². The summed E-state index contributed by atoms with van der Waals surface area (Å²) < 4.78 is 62.3. The van der Waals surface area contributed by atoms with E-state index < -0.39 is 84.6 Å². The van der Waals surface area contributed by atoms with E-state index in [0.717, 1.165) is 54.7 Å². The fraction of sp³-hybridized carbons (Fsp3) is 0.778. The molecule has 29 heteroatoms. The highest BCUT2D eigenvalue weighted by Gasteiger charge is 2.50. The van der Waals surface area contributed by atoms with Crippen LogP contribution in [-0.4, -0.2) is 134 Å². The first-order chi connectivity index (χ1) is 30.4. The van der Waals surface area contributed by atoms with E-state index in [9.17, 15) is 63.0 Å². The maximum atomic E-state index is 12.7. The van der Waals surface area contributed by atoms with Crippen molar-refractivity contribution in [3.8, 4) is 0 Å². The molecule has 0 aromatic carbocycles. The normalized spacial score (nSPS) is 20.8. The van der Waals surface area contributed by atoms with Crippen LogP contribution in [0.15, 0.2) is 12.7 Å². The van der Waals surface area contributed by atoms with Crippen molar-refractivity contribution >= 4 is 69.1 Å². The first kappa shape index (κ1) is 56.8. The molecule has 0 saturated carbocycles. The number of carbonyl (C=O) groups excluding carboxylic acids is 3. The molecular weight excluding hydrogens is 943 g/mol. The number of aliphatic hydroxyl groups excluding tert-OH is 3. The lowest BCUT2D eigenvalue weighted by molar-refractivity contribution is -0.137. The molecule has 3 heterocycles. The number of imidazole rings is 1. The molecule has 3 rings (SSSR count). The Bertz CT molecular complexity index is 1980. The molecule has 1 aliphatic rings. The average molecular weight is 1010 g/mol. The summed E-state index contributed by atoms with van der Waals surface area (Å²) in [4.78, 5) is 88.2. The fourth-order valence-electron chi connectivity index (χ4n) is 6.50. The Labute approximate surface area is 380 Å². The van der Waals surface area contributed by atoms with Crippen molar-refractivity contribution < 1.29 is 85.6 Å². The number of hydrogen-bond acceptors (Lipinski definition) is 19. The molecule has 372 valence electrons. The highest BCUT2D eigenvalue weighted by Crippen LogP contribution is 2.61. The van der Waals surface area contributed by atoms with Gasteiger partial charge in [-0.3, -0.25) is 32.5 Å². The molecule has 0 radical (unpaired) electrons. The van der Waals surface area contributed by atoms with E-state index in [0.29, 0.717) is 25.0 Å². The molecule has 1 fully saturated rings. The zero-order valence-electron chi connectivity index (χ0n) is 36.6.